The van der Waals surface area contributed by atoms with Gasteiger partial charge in [-0.1, -0.05) is 36.7 Å². The second-order valence-electron chi connectivity index (χ2n) is 4.90. The van der Waals surface area contributed by atoms with Crippen molar-refractivity contribution >= 4 is 39.0 Å². The molecule has 4 nitrogen and oxygen atoms in total. The highest BCUT2D eigenvalue weighted by atomic mass is 35.5. The molecular weight excluding hydrogens is 318 g/mol. The van der Waals surface area contributed by atoms with E-state index in [2.05, 4.69) is 15.3 Å². The first-order chi connectivity index (χ1) is 10.7. The Kier molecular flexibility index (Phi) is 4.57. The van der Waals surface area contributed by atoms with Crippen LogP contribution in [0.1, 0.15) is 24.4 Å². The second kappa shape index (κ2) is 6.60. The van der Waals surface area contributed by atoms with Gasteiger partial charge < -0.3 is 10.4 Å². The molecule has 0 amide bonds. The number of nitrogens with one attached hydrogen (secondary N) is 1. The lowest BCUT2D eigenvalue weighted by atomic mass is 10.1. The van der Waals surface area contributed by atoms with Crippen LogP contribution in [0.25, 0.3) is 10.2 Å². The molecule has 0 saturated heterocycles. The summed E-state index contributed by atoms with van der Waals surface area (Å²) in [6.07, 6.45) is 0.0812. The summed E-state index contributed by atoms with van der Waals surface area (Å²) in [6.45, 7) is 2.37. The van der Waals surface area contributed by atoms with E-state index in [1.165, 1.54) is 0 Å². The van der Waals surface area contributed by atoms with Crippen molar-refractivity contribution in [3.63, 3.8) is 0 Å². The van der Waals surface area contributed by atoms with Gasteiger partial charge in [0.25, 0.3) is 0 Å². The van der Waals surface area contributed by atoms with Gasteiger partial charge in [0.05, 0.1) is 11.5 Å². The Morgan fingerprint density at radius 3 is 2.86 bits per heavy atom. The third-order valence-corrected chi connectivity index (χ3v) is 4.57. The van der Waals surface area contributed by atoms with Crippen molar-refractivity contribution in [3.05, 3.63) is 52.1 Å². The summed E-state index contributed by atoms with van der Waals surface area (Å²) in [4.78, 5) is 9.98. The van der Waals surface area contributed by atoms with Crippen LogP contribution in [0.3, 0.4) is 0 Å². The van der Waals surface area contributed by atoms with Crippen molar-refractivity contribution in [1.82, 2.24) is 9.97 Å². The first-order valence-corrected chi connectivity index (χ1v) is 8.35. The molecule has 2 N–H and O–H groups in total. The molecular formula is C16H16ClN3OS. The number of aliphatic hydroxyl groups excluding tert-OH is 1. The number of hydrogen-bond donors (Lipinski definition) is 2. The molecule has 1 aromatic carbocycles. The summed E-state index contributed by atoms with van der Waals surface area (Å²) in [7, 11) is 0. The Morgan fingerprint density at radius 2 is 2.09 bits per heavy atom. The summed E-state index contributed by atoms with van der Waals surface area (Å²) in [5.41, 5.74) is 0.711. The molecule has 0 fully saturated rings. The van der Waals surface area contributed by atoms with Crippen LogP contribution in [0.4, 0.5) is 5.82 Å². The monoisotopic (exact) mass is 333 g/mol. The number of anilines is 1. The standard InChI is InChI=1S/C16H16ClN3OS/c1-2-14-19-15(11-7-8-22-16(11)20-14)18-9-13(21)10-5-3-4-6-12(10)17/h3-8,13,21H,2,9H2,1H3,(H,18,19,20)/t13-/m0/s1. The van der Waals surface area contributed by atoms with E-state index in [1.54, 1.807) is 17.4 Å². The topological polar surface area (TPSA) is 58.0 Å². The van der Waals surface area contributed by atoms with Gasteiger partial charge in [0.2, 0.25) is 0 Å². The fourth-order valence-corrected chi connectivity index (χ4v) is 3.29. The minimum Gasteiger partial charge on any atom is -0.387 e. The van der Waals surface area contributed by atoms with Gasteiger partial charge in [0.15, 0.2) is 0 Å². The Balaban J connectivity index is 1.82. The Morgan fingerprint density at radius 1 is 1.27 bits per heavy atom. The summed E-state index contributed by atoms with van der Waals surface area (Å²) in [5, 5.41) is 17.1. The van der Waals surface area contributed by atoms with E-state index in [0.717, 1.165) is 28.3 Å². The maximum Gasteiger partial charge on any atom is 0.138 e. The van der Waals surface area contributed by atoms with Crippen molar-refractivity contribution in [1.29, 1.82) is 0 Å². The van der Waals surface area contributed by atoms with Crippen molar-refractivity contribution in [2.75, 3.05) is 11.9 Å². The van der Waals surface area contributed by atoms with Crippen LogP contribution in [0.5, 0.6) is 0 Å². The molecule has 0 aliphatic heterocycles. The molecule has 2 heterocycles. The van der Waals surface area contributed by atoms with Gasteiger partial charge >= 0.3 is 0 Å². The van der Waals surface area contributed by atoms with Gasteiger partial charge in [0, 0.05) is 23.6 Å². The zero-order valence-corrected chi connectivity index (χ0v) is 13.7. The summed E-state index contributed by atoms with van der Waals surface area (Å²) in [6, 6.07) is 9.30. The summed E-state index contributed by atoms with van der Waals surface area (Å²) in [5.74, 6) is 1.55. The highest BCUT2D eigenvalue weighted by Crippen LogP contribution is 2.27. The molecule has 22 heavy (non-hydrogen) atoms. The third-order valence-electron chi connectivity index (χ3n) is 3.41. The molecule has 3 aromatic rings. The lowest BCUT2D eigenvalue weighted by Gasteiger charge is -2.15. The number of hydrogen-bond acceptors (Lipinski definition) is 5. The number of benzene rings is 1. The normalized spacial score (nSPS) is 12.5. The minimum absolute atomic E-state index is 0.342. The van der Waals surface area contributed by atoms with E-state index in [9.17, 15) is 5.11 Å². The highest BCUT2D eigenvalue weighted by molar-refractivity contribution is 7.16. The molecule has 1 atom stereocenters. The predicted octanol–water partition coefficient (Wildman–Crippen LogP) is 4.05. The number of aromatic nitrogens is 2. The van der Waals surface area contributed by atoms with Crippen LogP contribution >= 0.6 is 22.9 Å². The predicted molar refractivity (Wildman–Crippen MR) is 91.7 cm³/mol. The van der Waals surface area contributed by atoms with E-state index in [0.29, 0.717) is 17.1 Å². The van der Waals surface area contributed by atoms with Gasteiger partial charge in [-0.15, -0.1) is 11.3 Å². The van der Waals surface area contributed by atoms with Crippen LogP contribution in [-0.4, -0.2) is 21.6 Å². The molecule has 0 saturated carbocycles. The van der Waals surface area contributed by atoms with E-state index < -0.39 is 6.10 Å². The van der Waals surface area contributed by atoms with E-state index in [4.69, 9.17) is 11.6 Å². The first kappa shape index (κ1) is 15.2. The number of aryl methyl sites for hydroxylation is 1. The number of thiophene rings is 1. The van der Waals surface area contributed by atoms with E-state index in [1.807, 2.05) is 36.6 Å². The number of aliphatic hydroxyl groups is 1. The number of nitrogens with zero attached hydrogens (tertiary/aromatic N) is 2. The number of rotatable bonds is 5. The largest absolute Gasteiger partial charge is 0.387 e. The van der Waals surface area contributed by atoms with Gasteiger partial charge in [-0.3, -0.25) is 0 Å². The van der Waals surface area contributed by atoms with Crippen LogP contribution in [-0.2, 0) is 6.42 Å². The second-order valence-corrected chi connectivity index (χ2v) is 6.20. The van der Waals surface area contributed by atoms with Crippen LogP contribution < -0.4 is 5.32 Å². The van der Waals surface area contributed by atoms with Crippen LogP contribution in [0.15, 0.2) is 35.7 Å². The molecule has 2 aromatic heterocycles. The van der Waals surface area contributed by atoms with Crippen molar-refractivity contribution in [2.45, 2.75) is 19.4 Å². The number of fused-ring (bicyclic) bond motifs is 1. The zero-order chi connectivity index (χ0) is 15.5. The van der Waals surface area contributed by atoms with E-state index >= 15 is 0 Å². The zero-order valence-electron chi connectivity index (χ0n) is 12.1. The molecule has 0 unspecified atom stereocenters. The quantitative estimate of drug-likeness (QED) is 0.739. The van der Waals surface area contributed by atoms with Gasteiger partial charge in [-0.25, -0.2) is 9.97 Å². The maximum atomic E-state index is 10.3. The SMILES string of the molecule is CCc1nc(NC[C@H](O)c2ccccc2Cl)c2ccsc2n1. The van der Waals surface area contributed by atoms with E-state index in [-0.39, 0.29) is 0 Å². The Hall–Kier alpha value is -1.69. The maximum absolute atomic E-state index is 10.3. The fourth-order valence-electron chi connectivity index (χ4n) is 2.24. The Bertz CT molecular complexity index is 790. The molecule has 0 aliphatic carbocycles. The fraction of sp³-hybridized carbons (Fsp3) is 0.250. The van der Waals surface area contributed by atoms with Crippen molar-refractivity contribution < 1.29 is 5.11 Å². The van der Waals surface area contributed by atoms with Crippen molar-refractivity contribution in [3.8, 4) is 0 Å². The molecule has 0 aliphatic rings. The highest BCUT2D eigenvalue weighted by Gasteiger charge is 2.13. The third kappa shape index (κ3) is 3.06. The van der Waals surface area contributed by atoms with Gasteiger partial charge in [0.1, 0.15) is 16.5 Å². The van der Waals surface area contributed by atoms with Gasteiger partial charge in [-0.05, 0) is 17.5 Å². The minimum atomic E-state index is -0.692. The van der Waals surface area contributed by atoms with Crippen LogP contribution in [0, 0.1) is 0 Å². The molecule has 6 heteroatoms. The number of halogens is 1. The average molecular weight is 334 g/mol. The molecule has 0 radical (unpaired) electrons. The lowest BCUT2D eigenvalue weighted by molar-refractivity contribution is 0.191. The molecule has 114 valence electrons. The van der Waals surface area contributed by atoms with Crippen molar-refractivity contribution in [2.24, 2.45) is 0 Å². The summed E-state index contributed by atoms with van der Waals surface area (Å²) >= 11 is 7.70. The van der Waals surface area contributed by atoms with Gasteiger partial charge in [-0.2, -0.15) is 0 Å². The first-order valence-electron chi connectivity index (χ1n) is 7.09. The molecule has 0 spiro atoms. The lowest BCUT2D eigenvalue weighted by Crippen LogP contribution is -2.14. The van der Waals surface area contributed by atoms with Crippen LogP contribution in [0.2, 0.25) is 5.02 Å². The Labute approximate surface area is 137 Å². The smallest absolute Gasteiger partial charge is 0.138 e. The summed E-state index contributed by atoms with van der Waals surface area (Å²) < 4.78 is 0. The average Bonchev–Trinajstić information content (AvgIpc) is 3.01. The molecule has 0 bridgehead atoms. The molecule has 3 rings (SSSR count).